The Kier molecular flexibility index (Phi) is 12.3. The van der Waals surface area contributed by atoms with Gasteiger partial charge < -0.3 is 10.1 Å². The van der Waals surface area contributed by atoms with Crippen molar-refractivity contribution < 1.29 is 22.1 Å². The van der Waals surface area contributed by atoms with E-state index in [-0.39, 0.29) is 4.90 Å². The van der Waals surface area contributed by atoms with E-state index in [1.54, 1.807) is 12.1 Å². The summed E-state index contributed by atoms with van der Waals surface area (Å²) in [6.07, 6.45) is 6.14. The number of carbonyl (C=O) groups excluding carboxylic acids is 1. The molecule has 1 N–H and O–H groups in total. The van der Waals surface area contributed by atoms with E-state index in [0.717, 1.165) is 44.3 Å². The first kappa shape index (κ1) is 24.8. The van der Waals surface area contributed by atoms with E-state index in [4.69, 9.17) is 8.92 Å². The molecule has 0 fully saturated rings. The summed E-state index contributed by atoms with van der Waals surface area (Å²) in [6.45, 7) is 4.75. The molecule has 0 spiro atoms. The second-order valence-electron chi connectivity index (χ2n) is 6.72. The highest BCUT2D eigenvalue weighted by Crippen LogP contribution is 2.18. The molecule has 28 heavy (non-hydrogen) atoms. The third kappa shape index (κ3) is 9.80. The van der Waals surface area contributed by atoms with Crippen LogP contribution in [0.2, 0.25) is 0 Å². The third-order valence-corrected chi connectivity index (χ3v) is 6.12. The Bertz CT molecular complexity index is 662. The molecule has 0 aliphatic carbocycles. The molecule has 8 heteroatoms. The lowest BCUT2D eigenvalue weighted by atomic mass is 10.0. The maximum atomic E-state index is 12.2. The Morgan fingerprint density at radius 1 is 1.11 bits per heavy atom. The molecule has 0 aromatic heterocycles. The van der Waals surface area contributed by atoms with Crippen LogP contribution in [-0.2, 0) is 19.1 Å². The lowest BCUT2D eigenvalue weighted by Gasteiger charge is -2.14. The normalized spacial score (nSPS) is 12.5. The van der Waals surface area contributed by atoms with E-state index >= 15 is 0 Å². The van der Waals surface area contributed by atoms with E-state index in [1.807, 2.05) is 0 Å². The van der Waals surface area contributed by atoms with Gasteiger partial charge in [0.1, 0.15) is 12.4 Å². The highest BCUT2D eigenvalue weighted by Gasteiger charge is 2.17. The first-order chi connectivity index (χ1) is 13.4. The maximum Gasteiger partial charge on any atom is 0.297 e. The molecular weight excluding hydrogens is 398 g/mol. The Balaban J connectivity index is 2.40. The molecule has 1 aromatic carbocycles. The zero-order valence-electron chi connectivity index (χ0n) is 16.9. The summed E-state index contributed by atoms with van der Waals surface area (Å²) < 4.78 is 34.8. The molecule has 1 aromatic rings. The van der Waals surface area contributed by atoms with E-state index < -0.39 is 22.6 Å². The predicted molar refractivity (Wildman–Crippen MR) is 114 cm³/mol. The fourth-order valence-electron chi connectivity index (χ4n) is 2.52. The van der Waals surface area contributed by atoms with Gasteiger partial charge in [-0.1, -0.05) is 33.1 Å². The van der Waals surface area contributed by atoms with Crippen LogP contribution in [0, 0.1) is 5.92 Å². The summed E-state index contributed by atoms with van der Waals surface area (Å²) in [5.74, 6) is 1.38. The molecule has 1 rings (SSSR count). The number of hydrogen-bond acceptors (Lipinski definition) is 6. The zero-order valence-corrected chi connectivity index (χ0v) is 18.6. The highest BCUT2D eigenvalue weighted by molar-refractivity contribution is 7.86. The fraction of sp³-hybridized carbons (Fsp3) is 0.650. The summed E-state index contributed by atoms with van der Waals surface area (Å²) in [7, 11) is -3.98. The minimum absolute atomic E-state index is 0.00200. The quantitative estimate of drug-likeness (QED) is 0.251. The largest absolute Gasteiger partial charge is 0.494 e. The van der Waals surface area contributed by atoms with E-state index in [2.05, 4.69) is 31.8 Å². The number of benzene rings is 1. The van der Waals surface area contributed by atoms with E-state index in [1.165, 1.54) is 12.1 Å². The lowest BCUT2D eigenvalue weighted by molar-refractivity contribution is -0.123. The van der Waals surface area contributed by atoms with Crippen molar-refractivity contribution in [3.05, 3.63) is 24.3 Å². The van der Waals surface area contributed by atoms with Crippen molar-refractivity contribution in [2.24, 2.45) is 5.92 Å². The van der Waals surface area contributed by atoms with Gasteiger partial charge in [-0.3, -0.25) is 8.98 Å². The second-order valence-corrected chi connectivity index (χ2v) is 8.70. The third-order valence-electron chi connectivity index (χ3n) is 4.32. The molecule has 6 nitrogen and oxygen atoms in total. The Hall–Kier alpha value is -1.25. The number of rotatable bonds is 15. The van der Waals surface area contributed by atoms with E-state index in [9.17, 15) is 13.2 Å². The number of carbonyl (C=O) groups is 1. The van der Waals surface area contributed by atoms with Gasteiger partial charge in [-0.2, -0.15) is 21.0 Å². The van der Waals surface area contributed by atoms with Crippen LogP contribution in [0.1, 0.15) is 52.4 Å². The van der Waals surface area contributed by atoms with Gasteiger partial charge in [-0.15, -0.1) is 0 Å². The summed E-state index contributed by atoms with van der Waals surface area (Å²) in [4.78, 5) is 11.9. The van der Waals surface area contributed by atoms with Crippen LogP contribution < -0.4 is 10.1 Å². The van der Waals surface area contributed by atoms with Gasteiger partial charge in [0.2, 0.25) is 5.91 Å². The molecule has 0 radical (unpaired) electrons. The van der Waals surface area contributed by atoms with Gasteiger partial charge >= 0.3 is 0 Å². The molecular formula is C20H33NO5S2. The Morgan fingerprint density at radius 2 is 1.79 bits per heavy atom. The van der Waals surface area contributed by atoms with Crippen molar-refractivity contribution >= 4 is 28.7 Å². The average Bonchev–Trinajstić information content (AvgIpc) is 2.69. The molecule has 1 atom stereocenters. The van der Waals surface area contributed by atoms with Crippen molar-refractivity contribution in [3.63, 3.8) is 0 Å². The van der Waals surface area contributed by atoms with Gasteiger partial charge in [-0.05, 0) is 55.2 Å². The number of hydrogen-bond donors (Lipinski definition) is 2. The molecule has 0 aliphatic heterocycles. The molecule has 0 heterocycles. The molecule has 0 saturated heterocycles. The average molecular weight is 432 g/mol. The first-order valence-electron chi connectivity index (χ1n) is 9.92. The molecule has 160 valence electrons. The van der Waals surface area contributed by atoms with Crippen molar-refractivity contribution in [1.29, 1.82) is 0 Å². The minimum Gasteiger partial charge on any atom is -0.494 e. The smallest absolute Gasteiger partial charge is 0.297 e. The minimum atomic E-state index is -3.98. The number of thiol groups is 1. The number of unbranched alkanes of at least 4 members (excludes halogenated alkanes) is 2. The van der Waals surface area contributed by atoms with Gasteiger partial charge in [0, 0.05) is 6.54 Å². The van der Waals surface area contributed by atoms with Crippen molar-refractivity contribution in [1.82, 2.24) is 5.32 Å². The topological polar surface area (TPSA) is 81.7 Å². The van der Waals surface area contributed by atoms with Crippen LogP contribution in [0.3, 0.4) is 0 Å². The van der Waals surface area contributed by atoms with Crippen LogP contribution in [0.4, 0.5) is 0 Å². The standard InChI is InChI=1S/C20H33NO5S2/c1-3-5-7-17(16-27)12-13-21-20(22)15-26-28(23,24)19-10-8-18(9-11-19)25-14-6-4-2/h8-11,17,27H,3-7,12-16H2,1-2H3,(H,21,22). The molecule has 0 aliphatic rings. The molecule has 0 saturated carbocycles. The monoisotopic (exact) mass is 431 g/mol. The van der Waals surface area contributed by atoms with Crippen molar-refractivity contribution in [2.45, 2.75) is 57.3 Å². The molecule has 1 unspecified atom stereocenters. The van der Waals surface area contributed by atoms with Crippen LogP contribution in [0.25, 0.3) is 0 Å². The Labute approximate surface area is 174 Å². The van der Waals surface area contributed by atoms with Crippen molar-refractivity contribution in [3.8, 4) is 5.75 Å². The Morgan fingerprint density at radius 3 is 2.39 bits per heavy atom. The summed E-state index contributed by atoms with van der Waals surface area (Å²) >= 11 is 4.34. The number of ether oxygens (including phenoxy) is 1. The van der Waals surface area contributed by atoms with Gasteiger partial charge in [0.15, 0.2) is 0 Å². The SMILES string of the molecule is CCCCOc1ccc(S(=O)(=O)OCC(=O)NCCC(CS)CCCC)cc1. The van der Waals surface area contributed by atoms with Crippen LogP contribution in [-0.4, -0.2) is 39.8 Å². The zero-order chi connectivity index (χ0) is 20.8. The summed E-state index contributed by atoms with van der Waals surface area (Å²) in [6, 6.07) is 6.00. The second kappa shape index (κ2) is 13.8. The molecule has 1 amide bonds. The molecule has 0 bridgehead atoms. The summed E-state index contributed by atoms with van der Waals surface area (Å²) in [5.41, 5.74) is 0. The predicted octanol–water partition coefficient (Wildman–Crippen LogP) is 3.81. The van der Waals surface area contributed by atoms with Gasteiger partial charge in [0.25, 0.3) is 10.1 Å². The maximum absolute atomic E-state index is 12.2. The van der Waals surface area contributed by atoms with Crippen LogP contribution in [0.15, 0.2) is 29.2 Å². The van der Waals surface area contributed by atoms with E-state index in [0.29, 0.717) is 24.8 Å². The highest BCUT2D eigenvalue weighted by atomic mass is 32.2. The van der Waals surface area contributed by atoms with Crippen LogP contribution >= 0.6 is 12.6 Å². The lowest BCUT2D eigenvalue weighted by Crippen LogP contribution is -2.30. The van der Waals surface area contributed by atoms with Gasteiger partial charge in [-0.25, -0.2) is 0 Å². The van der Waals surface area contributed by atoms with Crippen molar-refractivity contribution in [2.75, 3.05) is 25.5 Å². The summed E-state index contributed by atoms with van der Waals surface area (Å²) in [5, 5.41) is 2.70. The van der Waals surface area contributed by atoms with Crippen LogP contribution in [0.5, 0.6) is 5.75 Å². The number of amides is 1. The van der Waals surface area contributed by atoms with Gasteiger partial charge in [0.05, 0.1) is 11.5 Å². The number of nitrogens with one attached hydrogen (secondary N) is 1. The fourth-order valence-corrected chi connectivity index (χ4v) is 3.76. The first-order valence-corrected chi connectivity index (χ1v) is 12.0.